The molecule has 0 bridgehead atoms. The highest BCUT2D eigenvalue weighted by Crippen LogP contribution is 2.22. The Morgan fingerprint density at radius 1 is 1.47 bits per heavy atom. The topological polar surface area (TPSA) is 91.3 Å². The minimum absolute atomic E-state index is 0.0879. The quantitative estimate of drug-likeness (QED) is 0.643. The van der Waals surface area contributed by atoms with Crippen LogP contribution in [0.25, 0.3) is 0 Å². The Hall–Kier alpha value is -1.85. The second-order valence-corrected chi connectivity index (χ2v) is 5.00. The summed E-state index contributed by atoms with van der Waals surface area (Å²) in [6, 6.07) is 2.48. The average molecular weight is 239 g/mol. The summed E-state index contributed by atoms with van der Waals surface area (Å²) in [5, 5.41) is 10.6. The largest absolute Gasteiger partial charge is 0.477 e. The maximum absolute atomic E-state index is 10.6. The van der Waals surface area contributed by atoms with Crippen molar-refractivity contribution < 1.29 is 9.66 Å². The van der Waals surface area contributed by atoms with Crippen LogP contribution in [-0.2, 0) is 0 Å². The molecule has 0 atom stereocenters. The molecule has 1 rings (SSSR count). The van der Waals surface area contributed by atoms with Gasteiger partial charge in [-0.25, -0.2) is 0 Å². The third kappa shape index (κ3) is 4.67. The first kappa shape index (κ1) is 13.2. The van der Waals surface area contributed by atoms with E-state index in [1.54, 1.807) is 0 Å². The normalized spacial score (nSPS) is 11.2. The van der Waals surface area contributed by atoms with Gasteiger partial charge in [0, 0.05) is 0 Å². The van der Waals surface area contributed by atoms with Crippen LogP contribution in [0.4, 0.5) is 11.5 Å². The van der Waals surface area contributed by atoms with E-state index in [2.05, 4.69) is 25.8 Å². The fraction of sp³-hybridized carbons (Fsp3) is 0.545. The van der Waals surface area contributed by atoms with Gasteiger partial charge >= 0.3 is 0 Å². The smallest absolute Gasteiger partial charge is 0.278 e. The van der Waals surface area contributed by atoms with Crippen molar-refractivity contribution in [1.29, 1.82) is 0 Å². The zero-order valence-corrected chi connectivity index (χ0v) is 10.3. The molecule has 0 radical (unpaired) electrons. The van der Waals surface area contributed by atoms with Crippen LogP contribution in [0.2, 0.25) is 0 Å². The summed E-state index contributed by atoms with van der Waals surface area (Å²) in [7, 11) is 0. The highest BCUT2D eigenvalue weighted by molar-refractivity contribution is 5.45. The lowest BCUT2D eigenvalue weighted by atomic mass is 9.93. The predicted octanol–water partition coefficient (Wildman–Crippen LogP) is 2.39. The summed E-state index contributed by atoms with van der Waals surface area (Å²) in [6.45, 7) is 6.72. The van der Waals surface area contributed by atoms with E-state index >= 15 is 0 Å². The summed E-state index contributed by atoms with van der Waals surface area (Å²) in [6.07, 6.45) is 0.831. The van der Waals surface area contributed by atoms with Crippen LogP contribution in [-0.4, -0.2) is 16.5 Å². The molecule has 1 heterocycles. The van der Waals surface area contributed by atoms with Crippen LogP contribution in [0, 0.1) is 15.5 Å². The third-order valence-electron chi connectivity index (χ3n) is 2.12. The molecule has 6 nitrogen and oxygen atoms in total. The van der Waals surface area contributed by atoms with E-state index in [4.69, 9.17) is 10.5 Å². The Balaban J connectivity index is 2.68. The molecule has 0 saturated carbocycles. The molecular weight excluding hydrogens is 222 g/mol. The van der Waals surface area contributed by atoms with Crippen LogP contribution >= 0.6 is 0 Å². The summed E-state index contributed by atoms with van der Waals surface area (Å²) in [5.41, 5.74) is 5.50. The summed E-state index contributed by atoms with van der Waals surface area (Å²) in [5.74, 6) is 0.283. The van der Waals surface area contributed by atoms with E-state index in [-0.39, 0.29) is 22.8 Å². The molecule has 2 N–H and O–H groups in total. The Bertz CT molecular complexity index is 413. The lowest BCUT2D eigenvalue weighted by molar-refractivity contribution is -0.384. The van der Waals surface area contributed by atoms with Gasteiger partial charge in [-0.05, 0) is 11.8 Å². The van der Waals surface area contributed by atoms with Gasteiger partial charge in [0.1, 0.15) is 5.82 Å². The summed E-state index contributed by atoms with van der Waals surface area (Å²) >= 11 is 0. The second kappa shape index (κ2) is 4.99. The Kier molecular flexibility index (Phi) is 3.88. The van der Waals surface area contributed by atoms with Crippen LogP contribution in [0.1, 0.15) is 27.2 Å². The van der Waals surface area contributed by atoms with E-state index in [0.29, 0.717) is 6.61 Å². The van der Waals surface area contributed by atoms with E-state index in [0.717, 1.165) is 6.42 Å². The minimum atomic E-state index is -0.519. The van der Waals surface area contributed by atoms with Gasteiger partial charge in [-0.3, -0.25) is 10.1 Å². The molecule has 0 aromatic carbocycles. The standard InChI is InChI=1S/C11H17N3O3/c1-11(2,3)4-5-17-10-7-8(14(15)16)6-9(12)13-10/h6-7H,4-5H2,1-3H3,(H2,12,13). The second-order valence-electron chi connectivity index (χ2n) is 5.00. The fourth-order valence-electron chi connectivity index (χ4n) is 1.15. The van der Waals surface area contributed by atoms with Crippen LogP contribution < -0.4 is 10.5 Å². The number of hydrogen-bond donors (Lipinski definition) is 1. The van der Waals surface area contributed by atoms with Crippen molar-refractivity contribution in [2.75, 3.05) is 12.3 Å². The van der Waals surface area contributed by atoms with Crippen molar-refractivity contribution in [1.82, 2.24) is 4.98 Å². The van der Waals surface area contributed by atoms with Crippen LogP contribution in [0.15, 0.2) is 12.1 Å². The van der Waals surface area contributed by atoms with Gasteiger partial charge < -0.3 is 10.5 Å². The number of aromatic nitrogens is 1. The molecule has 0 fully saturated rings. The minimum Gasteiger partial charge on any atom is -0.477 e. The van der Waals surface area contributed by atoms with E-state index in [1.165, 1.54) is 12.1 Å². The number of nitrogens with two attached hydrogens (primary N) is 1. The predicted molar refractivity (Wildman–Crippen MR) is 64.9 cm³/mol. The first-order valence-corrected chi connectivity index (χ1v) is 5.33. The maximum atomic E-state index is 10.6. The number of pyridine rings is 1. The van der Waals surface area contributed by atoms with Gasteiger partial charge in [0.05, 0.1) is 23.7 Å². The highest BCUT2D eigenvalue weighted by atomic mass is 16.6. The average Bonchev–Trinajstić information content (AvgIpc) is 2.14. The van der Waals surface area contributed by atoms with E-state index in [1.807, 2.05) is 0 Å². The van der Waals surface area contributed by atoms with Crippen molar-refractivity contribution in [2.24, 2.45) is 5.41 Å². The molecule has 6 heteroatoms. The molecule has 0 aliphatic heterocycles. The molecule has 0 amide bonds. The molecule has 0 aliphatic rings. The Morgan fingerprint density at radius 2 is 2.12 bits per heavy atom. The number of nitrogens with zero attached hydrogens (tertiary/aromatic N) is 2. The number of nitrogen functional groups attached to an aromatic ring is 1. The Morgan fingerprint density at radius 3 is 2.65 bits per heavy atom. The first-order chi connectivity index (χ1) is 7.78. The molecule has 94 valence electrons. The number of anilines is 1. The molecule has 1 aromatic heterocycles. The summed E-state index contributed by atoms with van der Waals surface area (Å²) < 4.78 is 5.36. The molecule has 0 aliphatic carbocycles. The van der Waals surface area contributed by atoms with Crippen molar-refractivity contribution >= 4 is 11.5 Å². The summed E-state index contributed by atoms with van der Waals surface area (Å²) in [4.78, 5) is 14.0. The van der Waals surface area contributed by atoms with Gasteiger partial charge in [0.25, 0.3) is 5.69 Å². The highest BCUT2D eigenvalue weighted by Gasteiger charge is 2.13. The maximum Gasteiger partial charge on any atom is 0.278 e. The van der Waals surface area contributed by atoms with Crippen molar-refractivity contribution in [3.05, 3.63) is 22.2 Å². The van der Waals surface area contributed by atoms with E-state index in [9.17, 15) is 10.1 Å². The van der Waals surface area contributed by atoms with Gasteiger partial charge in [0.15, 0.2) is 0 Å². The van der Waals surface area contributed by atoms with Crippen molar-refractivity contribution in [3.8, 4) is 5.88 Å². The monoisotopic (exact) mass is 239 g/mol. The van der Waals surface area contributed by atoms with Gasteiger partial charge in [-0.15, -0.1) is 0 Å². The number of nitro groups is 1. The van der Waals surface area contributed by atoms with Crippen molar-refractivity contribution in [2.45, 2.75) is 27.2 Å². The van der Waals surface area contributed by atoms with Gasteiger partial charge in [-0.2, -0.15) is 4.98 Å². The van der Waals surface area contributed by atoms with Gasteiger partial charge in [0.2, 0.25) is 5.88 Å². The molecule has 0 spiro atoms. The van der Waals surface area contributed by atoms with Crippen molar-refractivity contribution in [3.63, 3.8) is 0 Å². The SMILES string of the molecule is CC(C)(C)CCOc1cc([N+](=O)[O-])cc(N)n1. The molecule has 0 unspecified atom stereocenters. The van der Waals surface area contributed by atoms with Crippen LogP contribution in [0.5, 0.6) is 5.88 Å². The molecular formula is C11H17N3O3. The molecule has 17 heavy (non-hydrogen) atoms. The van der Waals surface area contributed by atoms with Gasteiger partial charge in [-0.1, -0.05) is 20.8 Å². The number of rotatable bonds is 4. The lowest BCUT2D eigenvalue weighted by Gasteiger charge is -2.17. The first-order valence-electron chi connectivity index (χ1n) is 5.33. The molecule has 0 saturated heterocycles. The third-order valence-corrected chi connectivity index (χ3v) is 2.12. The fourth-order valence-corrected chi connectivity index (χ4v) is 1.15. The zero-order valence-electron chi connectivity index (χ0n) is 10.3. The number of ether oxygens (including phenoxy) is 1. The molecule has 1 aromatic rings. The lowest BCUT2D eigenvalue weighted by Crippen LogP contribution is -2.11. The van der Waals surface area contributed by atoms with E-state index < -0.39 is 4.92 Å². The Labute approximate surface area is 99.9 Å². The van der Waals surface area contributed by atoms with Crippen LogP contribution in [0.3, 0.4) is 0 Å². The number of hydrogen-bond acceptors (Lipinski definition) is 5. The zero-order chi connectivity index (χ0) is 13.1.